The Bertz CT molecular complexity index is 3730. The summed E-state index contributed by atoms with van der Waals surface area (Å²) in [7, 11) is 0. The fourth-order valence-corrected chi connectivity index (χ4v) is 8.38. The number of thiophene rings is 1. The molecule has 5 heteroatoms. The first-order valence-corrected chi connectivity index (χ1v) is 18.1. The van der Waals surface area contributed by atoms with E-state index in [1.54, 1.807) is 35.6 Å². The summed E-state index contributed by atoms with van der Waals surface area (Å²) in [5.74, 6) is 1.36. The summed E-state index contributed by atoms with van der Waals surface area (Å²) in [5, 5.41) is 2.19. The Hall–Kier alpha value is -6.95. The van der Waals surface area contributed by atoms with Crippen LogP contribution in [0.3, 0.4) is 0 Å². The molecule has 0 saturated carbocycles. The van der Waals surface area contributed by atoms with Crippen molar-refractivity contribution >= 4 is 64.2 Å². The molecule has 252 valence electrons. The third kappa shape index (κ3) is 5.01. The Labute approximate surface area is 327 Å². The minimum Gasteiger partial charge on any atom is -0.455 e. The molecule has 0 aliphatic heterocycles. The van der Waals surface area contributed by atoms with Gasteiger partial charge >= 0.3 is 0 Å². The van der Waals surface area contributed by atoms with Crippen molar-refractivity contribution in [2.45, 2.75) is 0 Å². The zero-order valence-corrected chi connectivity index (χ0v) is 29.0. The molecule has 0 unspecified atom stereocenters. The molecule has 11 rings (SSSR count). The molecule has 4 nitrogen and oxygen atoms in total. The molecule has 0 bridgehead atoms. The minimum absolute atomic E-state index is 0.0233. The molecule has 0 saturated heterocycles. The van der Waals surface area contributed by atoms with E-state index < -0.39 is 42.3 Å². The predicted octanol–water partition coefficient (Wildman–Crippen LogP) is 13.6. The van der Waals surface area contributed by atoms with Crippen LogP contribution in [-0.4, -0.2) is 15.0 Å². The highest BCUT2D eigenvalue weighted by Gasteiger charge is 2.17. The Morgan fingerprint density at radius 3 is 1.93 bits per heavy atom. The zero-order chi connectivity index (χ0) is 43.4. The average molecular weight is 717 g/mol. The van der Waals surface area contributed by atoms with Gasteiger partial charge in [-0.05, 0) is 45.8 Å². The number of hydrogen-bond acceptors (Lipinski definition) is 5. The number of fused-ring (bicyclic) bond motifs is 8. The number of rotatable bonds is 5. The lowest BCUT2D eigenvalue weighted by Gasteiger charge is -2.10. The topological polar surface area (TPSA) is 51.8 Å². The molecular weight excluding hydrogens is 679 g/mol. The van der Waals surface area contributed by atoms with E-state index >= 15 is 0 Å². The van der Waals surface area contributed by atoms with E-state index in [9.17, 15) is 0 Å². The van der Waals surface area contributed by atoms with Crippen molar-refractivity contribution in [3.63, 3.8) is 0 Å². The lowest BCUT2D eigenvalue weighted by Crippen LogP contribution is -2.00. The van der Waals surface area contributed by atoms with E-state index in [1.165, 1.54) is 15.6 Å². The van der Waals surface area contributed by atoms with Gasteiger partial charge in [0.2, 0.25) is 0 Å². The number of hydrogen-bond donors (Lipinski definition) is 0. The van der Waals surface area contributed by atoms with Crippen LogP contribution in [0.1, 0.15) is 12.3 Å². The van der Waals surface area contributed by atoms with Crippen LogP contribution in [0.4, 0.5) is 0 Å². The number of nitrogens with zero attached hydrogens (tertiary/aromatic N) is 3. The van der Waals surface area contributed by atoms with Crippen LogP contribution in [0.2, 0.25) is 0 Å². The molecule has 0 spiro atoms. The van der Waals surface area contributed by atoms with Gasteiger partial charge in [-0.2, -0.15) is 0 Å². The molecule has 11 aromatic rings. The van der Waals surface area contributed by atoms with Gasteiger partial charge in [0.1, 0.15) is 11.2 Å². The van der Waals surface area contributed by atoms with Gasteiger partial charge in [-0.1, -0.05) is 158 Å². The monoisotopic (exact) mass is 716 g/mol. The van der Waals surface area contributed by atoms with Gasteiger partial charge in [0.25, 0.3) is 0 Å². The highest BCUT2D eigenvalue weighted by atomic mass is 32.1. The maximum atomic E-state index is 9.10. The second-order valence-corrected chi connectivity index (χ2v) is 13.9. The molecule has 54 heavy (non-hydrogen) atoms. The van der Waals surface area contributed by atoms with Gasteiger partial charge in [0.05, 0.1) is 12.3 Å². The molecule has 8 aromatic carbocycles. The van der Waals surface area contributed by atoms with Crippen LogP contribution in [0.15, 0.2) is 180 Å². The van der Waals surface area contributed by atoms with E-state index in [4.69, 9.17) is 31.7 Å². The predicted molar refractivity (Wildman–Crippen MR) is 225 cm³/mol. The first-order chi connectivity index (χ1) is 30.5. The van der Waals surface area contributed by atoms with E-state index in [0.29, 0.717) is 28.6 Å². The van der Waals surface area contributed by atoms with Gasteiger partial charge in [-0.25, -0.2) is 15.0 Å². The minimum atomic E-state index is -0.546. The molecule has 0 aliphatic carbocycles. The summed E-state index contributed by atoms with van der Waals surface area (Å²) < 4.78 is 86.8. The number of benzene rings is 8. The fourth-order valence-electron chi connectivity index (χ4n) is 7.10. The van der Waals surface area contributed by atoms with Crippen molar-refractivity contribution in [3.05, 3.63) is 176 Å². The SMILES string of the molecule is [2H]c1c([2H])c(-c2ccc(-c3nc(-c4ccccc4)nc(-c4ccc5c(c4)sc4c(-c6ccccc6)cccc45)n3)cc2)c2c(oc3c4c([2H])c([2H])c([2H])c([2H])c4c([2H])c([2H])c32)c1[2H]. The molecule has 0 aliphatic rings. The maximum absolute atomic E-state index is 9.10. The standard InChI is InChI=1S/C49H29N3OS/c1-3-11-30(12-4-1)38-18-9-19-40-39-27-26-35(29-43(39)54-46(38)40)49-51-47(33-14-5-2-6-15-33)50-48(52-49)34-23-21-32(22-24-34)36-17-10-20-42-44(36)41-28-25-31-13-7-8-16-37(31)45(41)53-42/h1-29H/i7D,8D,10D,13D,16D,17D,20D,25D,28D. The first kappa shape index (κ1) is 22.9. The second kappa shape index (κ2) is 12.3. The molecule has 0 radical (unpaired) electrons. The number of aromatic nitrogens is 3. The first-order valence-electron chi connectivity index (χ1n) is 21.8. The molecule has 0 N–H and O–H groups in total. The van der Waals surface area contributed by atoms with Crippen LogP contribution in [0.5, 0.6) is 0 Å². The van der Waals surface area contributed by atoms with Crippen molar-refractivity contribution in [2.24, 2.45) is 0 Å². The Morgan fingerprint density at radius 1 is 0.463 bits per heavy atom. The Kier molecular flexibility index (Phi) is 5.22. The molecule has 0 fully saturated rings. The molecular formula is C49H29N3OS. The quantitative estimate of drug-likeness (QED) is 0.178. The van der Waals surface area contributed by atoms with Crippen LogP contribution >= 0.6 is 11.3 Å². The second-order valence-electron chi connectivity index (χ2n) is 12.9. The van der Waals surface area contributed by atoms with Gasteiger partial charge in [-0.3, -0.25) is 0 Å². The highest BCUT2D eigenvalue weighted by Crippen LogP contribution is 2.42. The molecule has 3 aromatic heterocycles. The fraction of sp³-hybridized carbons (Fsp3) is 0. The van der Waals surface area contributed by atoms with Crippen molar-refractivity contribution in [1.82, 2.24) is 15.0 Å². The lowest BCUT2D eigenvalue weighted by atomic mass is 9.97. The lowest BCUT2D eigenvalue weighted by molar-refractivity contribution is 0.673. The normalized spacial score (nSPS) is 14.0. The van der Waals surface area contributed by atoms with E-state index in [0.717, 1.165) is 26.8 Å². The van der Waals surface area contributed by atoms with Crippen molar-refractivity contribution in [3.8, 4) is 56.4 Å². The van der Waals surface area contributed by atoms with Crippen LogP contribution < -0.4 is 0 Å². The van der Waals surface area contributed by atoms with Crippen molar-refractivity contribution in [1.29, 1.82) is 0 Å². The third-order valence-electron chi connectivity index (χ3n) is 9.69. The summed E-state index contributed by atoms with van der Waals surface area (Å²) in [5.41, 5.74) is 4.98. The third-order valence-corrected chi connectivity index (χ3v) is 10.9. The summed E-state index contributed by atoms with van der Waals surface area (Å²) in [6.45, 7) is 0. The van der Waals surface area contributed by atoms with E-state index in [2.05, 4.69) is 42.5 Å². The molecule has 0 atom stereocenters. The summed E-state index contributed by atoms with van der Waals surface area (Å²) >= 11 is 1.73. The average Bonchev–Trinajstić information content (AvgIpc) is 3.90. The van der Waals surface area contributed by atoms with Gasteiger partial charge < -0.3 is 4.42 Å². The van der Waals surface area contributed by atoms with Crippen LogP contribution in [0, 0.1) is 0 Å². The Morgan fingerprint density at radius 2 is 1.13 bits per heavy atom. The van der Waals surface area contributed by atoms with E-state index in [1.807, 2.05) is 54.6 Å². The molecule has 3 heterocycles. The Balaban J connectivity index is 1.07. The highest BCUT2D eigenvalue weighted by molar-refractivity contribution is 7.26. The van der Waals surface area contributed by atoms with Gasteiger partial charge in [-0.15, -0.1) is 11.3 Å². The van der Waals surface area contributed by atoms with E-state index in [-0.39, 0.29) is 50.4 Å². The smallest absolute Gasteiger partial charge is 0.164 e. The van der Waals surface area contributed by atoms with Crippen LogP contribution in [-0.2, 0) is 0 Å². The zero-order valence-electron chi connectivity index (χ0n) is 37.2. The largest absolute Gasteiger partial charge is 0.455 e. The van der Waals surface area contributed by atoms with Crippen LogP contribution in [0.25, 0.3) is 109 Å². The summed E-state index contributed by atoms with van der Waals surface area (Å²) in [6.07, 6.45) is 0. The summed E-state index contributed by atoms with van der Waals surface area (Å²) in [6, 6.07) is 35.7. The molecule has 0 amide bonds. The van der Waals surface area contributed by atoms with Gasteiger partial charge in [0.15, 0.2) is 17.5 Å². The maximum Gasteiger partial charge on any atom is 0.164 e. The summed E-state index contributed by atoms with van der Waals surface area (Å²) in [4.78, 5) is 14.9. The van der Waals surface area contributed by atoms with Crippen molar-refractivity contribution in [2.75, 3.05) is 0 Å². The van der Waals surface area contributed by atoms with Gasteiger partial charge in [0, 0.05) is 53.0 Å². The number of furan rings is 1. The van der Waals surface area contributed by atoms with Crippen molar-refractivity contribution < 1.29 is 16.8 Å².